The molecule has 0 saturated heterocycles. The minimum absolute atomic E-state index is 0.0400. The van der Waals surface area contributed by atoms with Gasteiger partial charge in [0.05, 0.1) is 24.6 Å². The molecule has 8 heteroatoms. The number of aromatic nitrogens is 2. The van der Waals surface area contributed by atoms with Crippen LogP contribution < -0.4 is 10.9 Å². The molecule has 0 fully saturated rings. The molecule has 1 amide bonds. The van der Waals surface area contributed by atoms with E-state index in [4.69, 9.17) is 20.4 Å². The van der Waals surface area contributed by atoms with E-state index in [1.54, 1.807) is 18.8 Å². The Hall–Kier alpha value is -3.84. The Morgan fingerprint density at radius 2 is 1.91 bits per heavy atom. The fourth-order valence-corrected chi connectivity index (χ4v) is 4.51. The Labute approximate surface area is 206 Å². The molecule has 5 aromatic rings. The Kier molecular flexibility index (Phi) is 6.17. The highest BCUT2D eigenvalue weighted by atomic mass is 35.5. The van der Waals surface area contributed by atoms with Crippen LogP contribution >= 0.6 is 11.6 Å². The number of fused-ring (bicyclic) bond motifs is 2. The average Bonchev–Trinajstić information content (AvgIpc) is 3.51. The number of halogens is 1. The summed E-state index contributed by atoms with van der Waals surface area (Å²) in [5.74, 6) is -0.214. The van der Waals surface area contributed by atoms with Gasteiger partial charge in [0.15, 0.2) is 0 Å². The molecule has 2 aromatic carbocycles. The minimum Gasteiger partial charge on any atom is -0.463 e. The van der Waals surface area contributed by atoms with Crippen molar-refractivity contribution in [3.05, 3.63) is 87.4 Å². The standard InChI is InChI=1S/C27H24ClN3O4/c1-16-20-12-22-23(18-4-6-19(28)7-5-18)14-34-25(22)17(2)26(20)35-27(33)21(16)13-24(32)30-8-3-10-31-11-9-29-15-31/h4-7,9,11-12,14-15H,3,8,10,13H2,1-2H3,(H,30,32). The van der Waals surface area contributed by atoms with Crippen molar-refractivity contribution >= 4 is 39.4 Å². The van der Waals surface area contributed by atoms with Crippen LogP contribution in [0.15, 0.2) is 68.9 Å². The van der Waals surface area contributed by atoms with Crippen LogP contribution in [0.1, 0.15) is 23.1 Å². The molecule has 7 nitrogen and oxygen atoms in total. The number of hydrogen-bond donors (Lipinski definition) is 1. The molecule has 0 spiro atoms. The van der Waals surface area contributed by atoms with Crippen molar-refractivity contribution in [3.8, 4) is 11.1 Å². The highest BCUT2D eigenvalue weighted by Crippen LogP contribution is 2.37. The Morgan fingerprint density at radius 1 is 1.11 bits per heavy atom. The number of carbonyl (C=O) groups is 1. The van der Waals surface area contributed by atoms with E-state index in [9.17, 15) is 9.59 Å². The van der Waals surface area contributed by atoms with E-state index in [2.05, 4.69) is 10.3 Å². The van der Waals surface area contributed by atoms with Gasteiger partial charge >= 0.3 is 5.63 Å². The number of amides is 1. The van der Waals surface area contributed by atoms with Gasteiger partial charge in [-0.2, -0.15) is 0 Å². The number of imidazole rings is 1. The van der Waals surface area contributed by atoms with Gasteiger partial charge in [0.25, 0.3) is 0 Å². The second-order valence-electron chi connectivity index (χ2n) is 8.59. The lowest BCUT2D eigenvalue weighted by Gasteiger charge is -2.11. The summed E-state index contributed by atoms with van der Waals surface area (Å²) < 4.78 is 13.5. The zero-order valence-electron chi connectivity index (χ0n) is 19.4. The van der Waals surface area contributed by atoms with Crippen molar-refractivity contribution in [3.63, 3.8) is 0 Å². The van der Waals surface area contributed by atoms with Crippen LogP contribution in [0.2, 0.25) is 5.02 Å². The van der Waals surface area contributed by atoms with Gasteiger partial charge in [-0.15, -0.1) is 0 Å². The van der Waals surface area contributed by atoms with Crippen LogP contribution in [-0.4, -0.2) is 22.0 Å². The van der Waals surface area contributed by atoms with Gasteiger partial charge in [-0.1, -0.05) is 23.7 Å². The number of aryl methyl sites for hydroxylation is 3. The molecule has 3 heterocycles. The Bertz CT molecular complexity index is 1580. The highest BCUT2D eigenvalue weighted by molar-refractivity contribution is 6.30. The normalized spacial score (nSPS) is 11.4. The number of furan rings is 1. The van der Waals surface area contributed by atoms with Gasteiger partial charge in [0.1, 0.15) is 11.2 Å². The molecule has 0 saturated carbocycles. The van der Waals surface area contributed by atoms with Gasteiger partial charge in [-0.05, 0) is 49.6 Å². The first-order valence-electron chi connectivity index (χ1n) is 11.4. The highest BCUT2D eigenvalue weighted by Gasteiger charge is 2.20. The zero-order valence-corrected chi connectivity index (χ0v) is 20.2. The van der Waals surface area contributed by atoms with E-state index in [0.29, 0.717) is 28.3 Å². The predicted molar refractivity (Wildman–Crippen MR) is 136 cm³/mol. The molecule has 35 heavy (non-hydrogen) atoms. The number of nitrogens with zero attached hydrogens (tertiary/aromatic N) is 2. The molecular formula is C27H24ClN3O4. The first-order chi connectivity index (χ1) is 16.9. The lowest BCUT2D eigenvalue weighted by molar-refractivity contribution is -0.120. The van der Waals surface area contributed by atoms with Crippen LogP contribution in [0.25, 0.3) is 33.1 Å². The second-order valence-corrected chi connectivity index (χ2v) is 9.02. The SMILES string of the molecule is Cc1c(CC(=O)NCCCn2ccnc2)c(=O)oc2c(C)c3occ(-c4ccc(Cl)cc4)c3cc12. The number of rotatable bonds is 7. The van der Waals surface area contributed by atoms with Gasteiger partial charge in [-0.3, -0.25) is 4.79 Å². The number of benzene rings is 2. The van der Waals surface area contributed by atoms with Crippen molar-refractivity contribution in [2.75, 3.05) is 6.54 Å². The molecule has 3 aromatic heterocycles. The lowest BCUT2D eigenvalue weighted by atomic mass is 9.97. The van der Waals surface area contributed by atoms with Crippen LogP contribution in [0.3, 0.4) is 0 Å². The first kappa shape index (κ1) is 22.9. The van der Waals surface area contributed by atoms with Gasteiger partial charge < -0.3 is 18.7 Å². The van der Waals surface area contributed by atoms with E-state index in [1.165, 1.54) is 0 Å². The monoisotopic (exact) mass is 489 g/mol. The van der Waals surface area contributed by atoms with Crippen LogP contribution in [-0.2, 0) is 17.8 Å². The molecule has 0 radical (unpaired) electrons. The zero-order chi connectivity index (χ0) is 24.5. The molecule has 178 valence electrons. The number of carbonyl (C=O) groups excluding carboxylic acids is 1. The average molecular weight is 490 g/mol. The summed E-state index contributed by atoms with van der Waals surface area (Å²) in [6.07, 6.45) is 7.76. The molecule has 1 N–H and O–H groups in total. The third-order valence-electron chi connectivity index (χ3n) is 6.31. The van der Waals surface area contributed by atoms with E-state index < -0.39 is 5.63 Å². The first-order valence-corrected chi connectivity index (χ1v) is 11.8. The van der Waals surface area contributed by atoms with Gasteiger partial charge in [0.2, 0.25) is 5.91 Å². The molecule has 0 aliphatic rings. The number of hydrogen-bond acceptors (Lipinski definition) is 5. The van der Waals surface area contributed by atoms with Crippen LogP contribution in [0.5, 0.6) is 0 Å². The third kappa shape index (κ3) is 4.47. The summed E-state index contributed by atoms with van der Waals surface area (Å²) in [4.78, 5) is 29.4. The van der Waals surface area contributed by atoms with Crippen molar-refractivity contribution in [1.29, 1.82) is 0 Å². The van der Waals surface area contributed by atoms with E-state index in [0.717, 1.165) is 46.0 Å². The molecule has 0 atom stereocenters. The quantitative estimate of drug-likeness (QED) is 0.243. The molecule has 0 unspecified atom stereocenters. The summed E-state index contributed by atoms with van der Waals surface area (Å²) >= 11 is 6.05. The van der Waals surface area contributed by atoms with Crippen LogP contribution in [0, 0.1) is 13.8 Å². The smallest absolute Gasteiger partial charge is 0.340 e. The number of nitrogens with one attached hydrogen (secondary N) is 1. The predicted octanol–water partition coefficient (Wildman–Crippen LogP) is 5.42. The van der Waals surface area contributed by atoms with Crippen molar-refractivity contribution < 1.29 is 13.6 Å². The lowest BCUT2D eigenvalue weighted by Crippen LogP contribution is -2.29. The third-order valence-corrected chi connectivity index (χ3v) is 6.56. The molecule has 0 aliphatic heterocycles. The summed E-state index contributed by atoms with van der Waals surface area (Å²) in [6, 6.07) is 9.51. The van der Waals surface area contributed by atoms with Crippen molar-refractivity contribution in [2.45, 2.75) is 33.2 Å². The van der Waals surface area contributed by atoms with Crippen LogP contribution in [0.4, 0.5) is 0 Å². The maximum absolute atomic E-state index is 12.8. The Morgan fingerprint density at radius 3 is 2.66 bits per heavy atom. The maximum atomic E-state index is 12.8. The van der Waals surface area contributed by atoms with Crippen molar-refractivity contribution in [1.82, 2.24) is 14.9 Å². The molecular weight excluding hydrogens is 466 g/mol. The molecule has 5 rings (SSSR count). The fraction of sp³-hybridized carbons (Fsp3) is 0.222. The topological polar surface area (TPSA) is 90.3 Å². The van der Waals surface area contributed by atoms with Gasteiger partial charge in [-0.25, -0.2) is 9.78 Å². The van der Waals surface area contributed by atoms with Crippen molar-refractivity contribution in [2.24, 2.45) is 0 Å². The molecule has 0 aliphatic carbocycles. The second kappa shape index (κ2) is 9.43. The van der Waals surface area contributed by atoms with Gasteiger partial charge in [0, 0.05) is 52.4 Å². The summed E-state index contributed by atoms with van der Waals surface area (Å²) in [6.45, 7) is 4.99. The summed E-state index contributed by atoms with van der Waals surface area (Å²) in [7, 11) is 0. The minimum atomic E-state index is -0.504. The fourth-order valence-electron chi connectivity index (χ4n) is 4.39. The van der Waals surface area contributed by atoms with E-state index >= 15 is 0 Å². The summed E-state index contributed by atoms with van der Waals surface area (Å²) in [5, 5.41) is 5.24. The Balaban J connectivity index is 1.44. The van der Waals surface area contributed by atoms with E-state index in [1.807, 2.05) is 54.9 Å². The molecule has 0 bridgehead atoms. The maximum Gasteiger partial charge on any atom is 0.340 e. The van der Waals surface area contributed by atoms with E-state index in [-0.39, 0.29) is 12.3 Å². The largest absolute Gasteiger partial charge is 0.463 e. The summed E-state index contributed by atoms with van der Waals surface area (Å²) in [5.41, 5.74) is 4.36.